The van der Waals surface area contributed by atoms with Crippen LogP contribution in [0.2, 0.25) is 0 Å². The van der Waals surface area contributed by atoms with Crippen LogP contribution in [0.15, 0.2) is 90.0 Å². The maximum atomic E-state index is 13.2. The Bertz CT molecular complexity index is 1930. The van der Waals surface area contributed by atoms with Gasteiger partial charge in [0.1, 0.15) is 6.33 Å². The number of fused-ring (bicyclic) bond motifs is 4. The Hall–Kier alpha value is -4.75. The second-order valence-corrected chi connectivity index (χ2v) is 9.71. The van der Waals surface area contributed by atoms with Gasteiger partial charge < -0.3 is 15.8 Å². The van der Waals surface area contributed by atoms with Gasteiger partial charge >= 0.3 is 0 Å². The van der Waals surface area contributed by atoms with E-state index < -0.39 is 11.5 Å². The number of para-hydroxylation sites is 1. The number of hydrogen-bond acceptors (Lipinski definition) is 4. The average Bonchev–Trinajstić information content (AvgIpc) is 3.27. The maximum absolute atomic E-state index is 13.2. The van der Waals surface area contributed by atoms with E-state index in [4.69, 9.17) is 5.73 Å². The summed E-state index contributed by atoms with van der Waals surface area (Å²) in [6.07, 6.45) is 1.54. The molecule has 0 radical (unpaired) electrons. The molecule has 0 aliphatic rings. The van der Waals surface area contributed by atoms with Gasteiger partial charge in [0, 0.05) is 16.3 Å². The fraction of sp³-hybridized carbons (Fsp3) is 0.100. The number of benzene rings is 4. The number of hydrogen-bond donors (Lipinski definition) is 3. The highest BCUT2D eigenvalue weighted by molar-refractivity contribution is 6.19. The molecule has 0 saturated heterocycles. The highest BCUT2D eigenvalue weighted by Crippen LogP contribution is 2.38. The summed E-state index contributed by atoms with van der Waals surface area (Å²) in [5.74, 6) is -0.534. The van der Waals surface area contributed by atoms with Crippen LogP contribution >= 0.6 is 0 Å². The van der Waals surface area contributed by atoms with Gasteiger partial charge in [-0.15, -0.1) is 0 Å². The molecule has 4 aromatic carbocycles. The second-order valence-electron chi connectivity index (χ2n) is 9.71. The molecule has 37 heavy (non-hydrogen) atoms. The Labute approximate surface area is 211 Å². The fourth-order valence-corrected chi connectivity index (χ4v) is 4.92. The topological polar surface area (TPSA) is 114 Å². The first-order valence-electron chi connectivity index (χ1n) is 11.9. The average molecular weight is 489 g/mol. The number of primary amides is 1. The predicted molar refractivity (Wildman–Crippen MR) is 146 cm³/mol. The van der Waals surface area contributed by atoms with Crippen LogP contribution in [0, 0.1) is 0 Å². The third-order valence-corrected chi connectivity index (χ3v) is 6.83. The summed E-state index contributed by atoms with van der Waals surface area (Å²) in [5, 5.41) is 12.8. The lowest BCUT2D eigenvalue weighted by Crippen LogP contribution is -2.18. The van der Waals surface area contributed by atoms with Gasteiger partial charge in [0.15, 0.2) is 0 Å². The third-order valence-electron chi connectivity index (χ3n) is 6.83. The van der Waals surface area contributed by atoms with Crippen molar-refractivity contribution in [3.05, 3.63) is 107 Å². The van der Waals surface area contributed by atoms with Crippen molar-refractivity contribution in [2.45, 2.75) is 19.4 Å². The van der Waals surface area contributed by atoms with E-state index in [1.165, 1.54) is 4.57 Å². The molecule has 0 bridgehead atoms. The van der Waals surface area contributed by atoms with E-state index in [2.05, 4.69) is 9.97 Å². The van der Waals surface area contributed by atoms with Crippen LogP contribution in [0.3, 0.4) is 0 Å². The number of nitrogens with zero attached hydrogens (tertiary/aromatic N) is 2. The number of nitrogens with two attached hydrogens (primary N) is 1. The minimum absolute atomic E-state index is 0.150. The Kier molecular flexibility index (Phi) is 5.00. The quantitative estimate of drug-likeness (QED) is 0.323. The number of aliphatic hydroxyl groups is 1. The molecule has 0 spiro atoms. The van der Waals surface area contributed by atoms with Crippen LogP contribution in [-0.2, 0) is 5.60 Å². The molecule has 0 aliphatic carbocycles. The largest absolute Gasteiger partial charge is 0.386 e. The van der Waals surface area contributed by atoms with Crippen molar-refractivity contribution in [3.63, 3.8) is 0 Å². The molecule has 182 valence electrons. The van der Waals surface area contributed by atoms with E-state index in [0.717, 1.165) is 33.0 Å². The second kappa shape index (κ2) is 8.15. The van der Waals surface area contributed by atoms with Crippen molar-refractivity contribution in [2.24, 2.45) is 5.73 Å². The molecule has 2 aromatic heterocycles. The Balaban J connectivity index is 1.59. The number of carbonyl (C=O) groups is 1. The summed E-state index contributed by atoms with van der Waals surface area (Å²) in [4.78, 5) is 33.3. The van der Waals surface area contributed by atoms with Crippen LogP contribution in [-0.4, -0.2) is 25.5 Å². The van der Waals surface area contributed by atoms with Crippen molar-refractivity contribution >= 4 is 38.6 Å². The van der Waals surface area contributed by atoms with Crippen molar-refractivity contribution in [3.8, 4) is 16.8 Å². The van der Waals surface area contributed by atoms with E-state index in [0.29, 0.717) is 27.7 Å². The van der Waals surface area contributed by atoms with Crippen LogP contribution < -0.4 is 11.3 Å². The molecule has 2 heterocycles. The van der Waals surface area contributed by atoms with Gasteiger partial charge in [-0.25, -0.2) is 4.98 Å². The van der Waals surface area contributed by atoms with Gasteiger partial charge in [0.2, 0.25) is 0 Å². The van der Waals surface area contributed by atoms with E-state index in [1.54, 1.807) is 32.3 Å². The molecule has 0 unspecified atom stereocenters. The Morgan fingerprint density at radius 2 is 1.78 bits per heavy atom. The lowest BCUT2D eigenvalue weighted by Gasteiger charge is -2.17. The number of carbonyl (C=O) groups excluding carboxylic acids is 1. The van der Waals surface area contributed by atoms with Gasteiger partial charge in [-0.2, -0.15) is 0 Å². The van der Waals surface area contributed by atoms with Gasteiger partial charge in [-0.3, -0.25) is 14.2 Å². The molecule has 7 nitrogen and oxygen atoms in total. The van der Waals surface area contributed by atoms with Gasteiger partial charge in [0.25, 0.3) is 11.5 Å². The Morgan fingerprint density at radius 3 is 2.57 bits per heavy atom. The normalized spacial score (nSPS) is 12.0. The molecule has 7 heteroatoms. The predicted octanol–water partition coefficient (Wildman–Crippen LogP) is 5.01. The summed E-state index contributed by atoms with van der Waals surface area (Å²) < 4.78 is 1.53. The van der Waals surface area contributed by atoms with Crippen molar-refractivity contribution in [1.29, 1.82) is 0 Å². The lowest BCUT2D eigenvalue weighted by molar-refractivity contribution is 0.0787. The number of aromatic amines is 1. The van der Waals surface area contributed by atoms with E-state index in [9.17, 15) is 14.7 Å². The first-order valence-corrected chi connectivity index (χ1v) is 11.9. The van der Waals surface area contributed by atoms with Crippen LogP contribution in [0.4, 0.5) is 0 Å². The number of nitrogens with one attached hydrogen (secondary N) is 1. The summed E-state index contributed by atoms with van der Waals surface area (Å²) in [6.45, 7) is 3.46. The lowest BCUT2D eigenvalue weighted by atomic mass is 9.94. The standard InChI is InChI=1S/C30H24N4O3/c1-30(2,37)18-10-11-21-25(15-18)33-27-23(28(31)35)13-12-20(26(21)27)17-6-5-7-19(14-17)34-16-32-24-9-4-3-8-22(24)29(34)36/h3-16,33,37H,1-2H3,(H2,31,35). The van der Waals surface area contributed by atoms with Crippen LogP contribution in [0.5, 0.6) is 0 Å². The van der Waals surface area contributed by atoms with Crippen molar-refractivity contribution in [2.75, 3.05) is 0 Å². The van der Waals surface area contributed by atoms with E-state index in [1.807, 2.05) is 66.7 Å². The van der Waals surface area contributed by atoms with E-state index >= 15 is 0 Å². The minimum atomic E-state index is -1.02. The molecule has 4 N–H and O–H groups in total. The molecule has 6 aromatic rings. The molecule has 0 aliphatic heterocycles. The van der Waals surface area contributed by atoms with E-state index in [-0.39, 0.29) is 5.56 Å². The summed E-state index contributed by atoms with van der Waals surface area (Å²) in [5.41, 5.74) is 10.2. The van der Waals surface area contributed by atoms with Crippen LogP contribution in [0.25, 0.3) is 49.5 Å². The van der Waals surface area contributed by atoms with Gasteiger partial charge in [0.05, 0.1) is 33.3 Å². The van der Waals surface area contributed by atoms with Crippen molar-refractivity contribution in [1.82, 2.24) is 14.5 Å². The zero-order valence-electron chi connectivity index (χ0n) is 20.3. The van der Waals surface area contributed by atoms with Crippen LogP contribution in [0.1, 0.15) is 29.8 Å². The highest BCUT2D eigenvalue weighted by atomic mass is 16.3. The highest BCUT2D eigenvalue weighted by Gasteiger charge is 2.20. The number of aromatic nitrogens is 3. The summed E-state index contributed by atoms with van der Waals surface area (Å²) in [7, 11) is 0. The monoisotopic (exact) mass is 488 g/mol. The molecule has 0 saturated carbocycles. The smallest absolute Gasteiger partial charge is 0.265 e. The number of rotatable bonds is 4. The first-order chi connectivity index (χ1) is 17.7. The molecular weight excluding hydrogens is 464 g/mol. The zero-order chi connectivity index (χ0) is 25.9. The molecule has 0 atom stereocenters. The number of amides is 1. The first kappa shape index (κ1) is 22.7. The molecule has 1 amide bonds. The molecule has 6 rings (SSSR count). The summed E-state index contributed by atoms with van der Waals surface area (Å²) >= 11 is 0. The molecule has 0 fully saturated rings. The maximum Gasteiger partial charge on any atom is 0.265 e. The van der Waals surface area contributed by atoms with Gasteiger partial charge in [-0.05, 0) is 66.9 Å². The van der Waals surface area contributed by atoms with Crippen molar-refractivity contribution < 1.29 is 9.90 Å². The SMILES string of the molecule is CC(C)(O)c1ccc2c(c1)[nH]c1c(C(N)=O)ccc(-c3cccc(-n4cnc5ccccc5c4=O)c3)c12. The third kappa shape index (κ3) is 3.68. The minimum Gasteiger partial charge on any atom is -0.386 e. The Morgan fingerprint density at radius 1 is 0.973 bits per heavy atom. The molecular formula is C30H24N4O3. The van der Waals surface area contributed by atoms with Gasteiger partial charge in [-0.1, -0.05) is 42.5 Å². The fourth-order valence-electron chi connectivity index (χ4n) is 4.92. The number of H-pyrrole nitrogens is 1. The summed E-state index contributed by atoms with van der Waals surface area (Å²) in [6, 6.07) is 24.2. The zero-order valence-corrected chi connectivity index (χ0v) is 20.3.